The first-order valence-electron chi connectivity index (χ1n) is 8.41. The molecule has 0 amide bonds. The molecule has 0 radical (unpaired) electrons. The van der Waals surface area contributed by atoms with Gasteiger partial charge in [-0.15, -0.1) is 0 Å². The van der Waals surface area contributed by atoms with Gasteiger partial charge in [0.25, 0.3) is 0 Å². The molecule has 4 saturated carbocycles. The number of hydrogen-bond donors (Lipinski definition) is 1. The Morgan fingerprint density at radius 3 is 2.38 bits per heavy atom. The van der Waals surface area contributed by atoms with Crippen LogP contribution in [-0.2, 0) is 0 Å². The zero-order valence-corrected chi connectivity index (χ0v) is 12.6. The van der Waals surface area contributed by atoms with Gasteiger partial charge in [0.05, 0.1) is 12.3 Å². The number of rotatable bonds is 4. The molecule has 0 aromatic heterocycles. The lowest BCUT2D eigenvalue weighted by Gasteiger charge is -2.54. The van der Waals surface area contributed by atoms with Crippen molar-refractivity contribution in [3.05, 3.63) is 24.0 Å². The van der Waals surface area contributed by atoms with E-state index < -0.39 is 0 Å². The van der Waals surface area contributed by atoms with Crippen LogP contribution in [-0.4, -0.2) is 12.6 Å². The summed E-state index contributed by atoms with van der Waals surface area (Å²) in [5.74, 6) is 4.00. The minimum Gasteiger partial charge on any atom is -0.492 e. The predicted molar refractivity (Wildman–Crippen MR) is 82.0 cm³/mol. The fourth-order valence-electron chi connectivity index (χ4n) is 5.23. The van der Waals surface area contributed by atoms with Crippen LogP contribution < -0.4 is 10.1 Å². The van der Waals surface area contributed by atoms with E-state index in [2.05, 4.69) is 5.32 Å². The van der Waals surface area contributed by atoms with Crippen molar-refractivity contribution in [3.63, 3.8) is 0 Å². The van der Waals surface area contributed by atoms with Crippen molar-refractivity contribution in [2.45, 2.75) is 45.1 Å². The molecule has 4 bridgehead atoms. The minimum absolute atomic E-state index is 0.228. The maximum absolute atomic E-state index is 13.4. The van der Waals surface area contributed by atoms with Crippen LogP contribution in [0.3, 0.4) is 0 Å². The van der Waals surface area contributed by atoms with Gasteiger partial charge in [0.15, 0.2) is 0 Å². The first kappa shape index (κ1) is 13.4. The highest BCUT2D eigenvalue weighted by atomic mass is 19.1. The van der Waals surface area contributed by atoms with Gasteiger partial charge in [-0.2, -0.15) is 0 Å². The summed E-state index contributed by atoms with van der Waals surface area (Å²) in [4.78, 5) is 0. The van der Waals surface area contributed by atoms with E-state index in [0.29, 0.717) is 18.4 Å². The van der Waals surface area contributed by atoms with Gasteiger partial charge in [0.1, 0.15) is 11.6 Å². The van der Waals surface area contributed by atoms with Crippen LogP contribution in [0, 0.1) is 29.5 Å². The first-order chi connectivity index (χ1) is 10.2. The molecule has 4 aliphatic rings. The number of ether oxygens (including phenoxy) is 1. The fraction of sp³-hybridized carbons (Fsp3) is 0.667. The second kappa shape index (κ2) is 5.19. The molecule has 0 heterocycles. The van der Waals surface area contributed by atoms with Crippen molar-refractivity contribution >= 4 is 5.69 Å². The third kappa shape index (κ3) is 2.41. The molecule has 0 atom stereocenters. The number of halogens is 1. The van der Waals surface area contributed by atoms with Gasteiger partial charge in [-0.3, -0.25) is 0 Å². The van der Waals surface area contributed by atoms with E-state index >= 15 is 0 Å². The Morgan fingerprint density at radius 1 is 1.10 bits per heavy atom. The normalized spacial score (nSPS) is 36.8. The SMILES string of the molecule is CCOc1cc(F)ccc1NC1C2CC3CC(C2)CC1C3. The van der Waals surface area contributed by atoms with Gasteiger partial charge in [-0.05, 0) is 74.8 Å². The van der Waals surface area contributed by atoms with E-state index in [1.165, 1.54) is 44.2 Å². The monoisotopic (exact) mass is 289 g/mol. The highest BCUT2D eigenvalue weighted by molar-refractivity contribution is 5.57. The molecular formula is C18H24FNO. The van der Waals surface area contributed by atoms with Crippen molar-refractivity contribution in [2.24, 2.45) is 23.7 Å². The van der Waals surface area contributed by atoms with E-state index in [9.17, 15) is 4.39 Å². The quantitative estimate of drug-likeness (QED) is 0.883. The summed E-state index contributed by atoms with van der Waals surface area (Å²) in [6, 6.07) is 5.43. The summed E-state index contributed by atoms with van der Waals surface area (Å²) in [7, 11) is 0. The number of hydrogen-bond acceptors (Lipinski definition) is 2. The predicted octanol–water partition coefficient (Wildman–Crippen LogP) is 4.46. The molecule has 4 fully saturated rings. The molecule has 1 N–H and O–H groups in total. The number of anilines is 1. The van der Waals surface area contributed by atoms with Gasteiger partial charge in [-0.1, -0.05) is 0 Å². The minimum atomic E-state index is -0.228. The Bertz CT molecular complexity index is 502. The van der Waals surface area contributed by atoms with Gasteiger partial charge in [-0.25, -0.2) is 4.39 Å². The molecular weight excluding hydrogens is 265 g/mol. The van der Waals surface area contributed by atoms with Gasteiger partial charge in [0.2, 0.25) is 0 Å². The molecule has 3 heteroatoms. The Balaban J connectivity index is 1.56. The number of benzene rings is 1. The highest BCUT2D eigenvalue weighted by Crippen LogP contribution is 2.54. The smallest absolute Gasteiger partial charge is 0.145 e. The van der Waals surface area contributed by atoms with E-state index in [1.807, 2.05) is 13.0 Å². The summed E-state index contributed by atoms with van der Waals surface area (Å²) in [6.07, 6.45) is 7.01. The Hall–Kier alpha value is -1.25. The summed E-state index contributed by atoms with van der Waals surface area (Å²) >= 11 is 0. The number of nitrogens with one attached hydrogen (secondary N) is 1. The van der Waals surface area contributed by atoms with E-state index in [-0.39, 0.29) is 5.82 Å². The lowest BCUT2D eigenvalue weighted by atomic mass is 9.54. The van der Waals surface area contributed by atoms with Crippen LogP contribution in [0.4, 0.5) is 10.1 Å². The zero-order chi connectivity index (χ0) is 14.4. The average Bonchev–Trinajstić information content (AvgIpc) is 2.44. The molecule has 1 aromatic rings. The van der Waals surface area contributed by atoms with Crippen molar-refractivity contribution in [1.29, 1.82) is 0 Å². The lowest BCUT2D eigenvalue weighted by molar-refractivity contribution is 0.00747. The molecule has 5 rings (SSSR count). The van der Waals surface area contributed by atoms with E-state index in [0.717, 1.165) is 29.4 Å². The van der Waals surface area contributed by atoms with Gasteiger partial charge in [0, 0.05) is 12.1 Å². The van der Waals surface area contributed by atoms with Crippen LogP contribution in [0.25, 0.3) is 0 Å². The maximum Gasteiger partial charge on any atom is 0.145 e. The van der Waals surface area contributed by atoms with Crippen LogP contribution in [0.2, 0.25) is 0 Å². The molecule has 0 unspecified atom stereocenters. The standard InChI is InChI=1S/C18H24FNO/c1-2-21-17-10-15(19)3-4-16(17)20-18-13-6-11-5-12(8-13)9-14(18)7-11/h3-4,10-14,18,20H,2,5-9H2,1H3. The third-order valence-electron chi connectivity index (χ3n) is 5.79. The molecule has 2 nitrogen and oxygen atoms in total. The Kier molecular flexibility index (Phi) is 3.31. The fourth-order valence-corrected chi connectivity index (χ4v) is 5.23. The summed E-state index contributed by atoms with van der Waals surface area (Å²) < 4.78 is 19.0. The first-order valence-corrected chi connectivity index (χ1v) is 8.41. The third-order valence-corrected chi connectivity index (χ3v) is 5.79. The molecule has 114 valence electrons. The van der Waals surface area contributed by atoms with E-state index in [4.69, 9.17) is 4.74 Å². The summed E-state index contributed by atoms with van der Waals surface area (Å²) in [5, 5.41) is 3.71. The molecule has 1 aromatic carbocycles. The van der Waals surface area contributed by atoms with Gasteiger partial charge < -0.3 is 10.1 Å². The Labute approximate surface area is 126 Å². The van der Waals surface area contributed by atoms with Crippen LogP contribution >= 0.6 is 0 Å². The lowest BCUT2D eigenvalue weighted by Crippen LogP contribution is -2.51. The van der Waals surface area contributed by atoms with Crippen molar-refractivity contribution in [3.8, 4) is 5.75 Å². The van der Waals surface area contributed by atoms with Gasteiger partial charge >= 0.3 is 0 Å². The van der Waals surface area contributed by atoms with Crippen LogP contribution in [0.5, 0.6) is 5.75 Å². The van der Waals surface area contributed by atoms with Crippen molar-refractivity contribution < 1.29 is 9.13 Å². The van der Waals surface area contributed by atoms with Crippen LogP contribution in [0.1, 0.15) is 39.0 Å². The molecule has 0 spiro atoms. The van der Waals surface area contributed by atoms with Crippen LogP contribution in [0.15, 0.2) is 18.2 Å². The zero-order valence-electron chi connectivity index (χ0n) is 12.6. The van der Waals surface area contributed by atoms with Crippen molar-refractivity contribution in [1.82, 2.24) is 0 Å². The van der Waals surface area contributed by atoms with E-state index in [1.54, 1.807) is 0 Å². The van der Waals surface area contributed by atoms with Crippen molar-refractivity contribution in [2.75, 3.05) is 11.9 Å². The average molecular weight is 289 g/mol. The summed E-state index contributed by atoms with van der Waals surface area (Å²) in [5.41, 5.74) is 0.968. The molecule has 0 saturated heterocycles. The largest absolute Gasteiger partial charge is 0.492 e. The maximum atomic E-state index is 13.4. The molecule has 0 aliphatic heterocycles. The topological polar surface area (TPSA) is 21.3 Å². The second-order valence-corrected chi connectivity index (χ2v) is 7.17. The summed E-state index contributed by atoms with van der Waals surface area (Å²) in [6.45, 7) is 2.51. The molecule has 21 heavy (non-hydrogen) atoms. The highest BCUT2D eigenvalue weighted by Gasteiger charge is 2.48. The second-order valence-electron chi connectivity index (χ2n) is 7.17. The molecule has 4 aliphatic carbocycles. The Morgan fingerprint density at radius 2 is 1.76 bits per heavy atom.